The predicted octanol–water partition coefficient (Wildman–Crippen LogP) is 7.56. The molecule has 0 aromatic heterocycles. The molecule has 0 unspecified atom stereocenters. The van der Waals surface area contributed by atoms with Gasteiger partial charge in [0.15, 0.2) is 0 Å². The molecule has 7 nitrogen and oxygen atoms in total. The number of amides is 2. The minimum atomic E-state index is -4.32. The fourth-order valence-corrected chi connectivity index (χ4v) is 6.93. The van der Waals surface area contributed by atoms with E-state index in [4.69, 9.17) is 34.8 Å². The number of carbonyl (C=O) groups is 2. The molecule has 0 spiro atoms. The Bertz CT molecular complexity index is 1770. The second kappa shape index (κ2) is 15.8. The Morgan fingerprint density at radius 2 is 1.48 bits per heavy atom. The van der Waals surface area contributed by atoms with E-state index in [1.54, 1.807) is 42.5 Å². The molecule has 4 rings (SSSR count). The molecule has 2 amide bonds. The van der Waals surface area contributed by atoms with E-state index < -0.39 is 28.5 Å². The Morgan fingerprint density at radius 1 is 0.826 bits per heavy atom. The van der Waals surface area contributed by atoms with Crippen LogP contribution in [-0.2, 0) is 32.6 Å². The second-order valence-electron chi connectivity index (χ2n) is 11.4. The van der Waals surface area contributed by atoms with Crippen molar-refractivity contribution in [1.82, 2.24) is 10.2 Å². The Hall–Kier alpha value is -3.56. The first-order valence-corrected chi connectivity index (χ1v) is 17.3. The third-order valence-electron chi connectivity index (χ3n) is 7.29. The van der Waals surface area contributed by atoms with Crippen LogP contribution in [0.5, 0.6) is 0 Å². The lowest BCUT2D eigenvalue weighted by atomic mass is 10.0. The van der Waals surface area contributed by atoms with Gasteiger partial charge in [-0.15, -0.1) is 0 Å². The van der Waals surface area contributed by atoms with Gasteiger partial charge in [-0.05, 0) is 60.4 Å². The van der Waals surface area contributed by atoms with Gasteiger partial charge in [0.05, 0.1) is 20.6 Å². The minimum Gasteiger partial charge on any atom is -0.354 e. The summed E-state index contributed by atoms with van der Waals surface area (Å²) < 4.78 is 29.3. The van der Waals surface area contributed by atoms with Crippen molar-refractivity contribution < 1.29 is 18.0 Å². The highest BCUT2D eigenvalue weighted by atomic mass is 35.5. The van der Waals surface area contributed by atoms with Gasteiger partial charge in [0.2, 0.25) is 11.8 Å². The summed E-state index contributed by atoms with van der Waals surface area (Å²) in [5.41, 5.74) is 2.41. The van der Waals surface area contributed by atoms with E-state index in [0.29, 0.717) is 17.1 Å². The van der Waals surface area contributed by atoms with Crippen LogP contribution in [0.25, 0.3) is 0 Å². The monoisotopic (exact) mass is 699 g/mol. The fourth-order valence-electron chi connectivity index (χ4n) is 4.84. The van der Waals surface area contributed by atoms with Crippen LogP contribution < -0.4 is 9.62 Å². The van der Waals surface area contributed by atoms with E-state index in [9.17, 15) is 18.0 Å². The largest absolute Gasteiger partial charge is 0.354 e. The first-order chi connectivity index (χ1) is 21.9. The smallest absolute Gasteiger partial charge is 0.264 e. The average Bonchev–Trinajstić information content (AvgIpc) is 3.02. The Morgan fingerprint density at radius 3 is 2.13 bits per heavy atom. The number of carbonyl (C=O) groups excluding carboxylic acids is 2. The zero-order valence-corrected chi connectivity index (χ0v) is 28.9. The molecular formula is C35H36Cl3N3O4S. The molecule has 11 heteroatoms. The van der Waals surface area contributed by atoms with Crippen molar-refractivity contribution in [1.29, 1.82) is 0 Å². The number of halogens is 3. The summed E-state index contributed by atoms with van der Waals surface area (Å²) in [6.45, 7) is 5.53. The van der Waals surface area contributed by atoms with E-state index in [-0.39, 0.29) is 45.4 Å². The standard InChI is InChI=1S/C35H36Cl3N3O4S/c1-24(2)21-39-35(43)32(20-26-9-5-4-6-10-26)40(22-27-11-7-12-28(36)19-27)33(42)23-41(31-14-8-13-30(37)34(31)38)46(44,45)29-17-15-25(3)16-18-29/h4-19,24,32H,20-23H2,1-3H3,(H,39,43)/t32-/m0/s1. The number of anilines is 1. The van der Waals surface area contributed by atoms with Crippen LogP contribution in [0.4, 0.5) is 5.69 Å². The van der Waals surface area contributed by atoms with Gasteiger partial charge < -0.3 is 10.2 Å². The number of hydrogen-bond acceptors (Lipinski definition) is 4. The maximum absolute atomic E-state index is 14.5. The molecule has 0 saturated heterocycles. The molecule has 46 heavy (non-hydrogen) atoms. The second-order valence-corrected chi connectivity index (χ2v) is 14.5. The summed E-state index contributed by atoms with van der Waals surface area (Å²) in [6.07, 6.45) is 0.194. The fraction of sp³-hybridized carbons (Fsp3) is 0.257. The van der Waals surface area contributed by atoms with E-state index in [1.807, 2.05) is 51.1 Å². The lowest BCUT2D eigenvalue weighted by Gasteiger charge is -2.34. The number of nitrogens with zero attached hydrogens (tertiary/aromatic N) is 2. The highest BCUT2D eigenvalue weighted by Crippen LogP contribution is 2.35. The summed E-state index contributed by atoms with van der Waals surface area (Å²) in [5, 5.41) is 3.53. The lowest BCUT2D eigenvalue weighted by molar-refractivity contribution is -0.140. The number of sulfonamides is 1. The first kappa shape index (κ1) is 35.3. The predicted molar refractivity (Wildman–Crippen MR) is 186 cm³/mol. The quantitative estimate of drug-likeness (QED) is 0.156. The van der Waals surface area contributed by atoms with E-state index in [0.717, 1.165) is 15.4 Å². The van der Waals surface area contributed by atoms with Crippen molar-refractivity contribution in [2.24, 2.45) is 5.92 Å². The van der Waals surface area contributed by atoms with Crippen LogP contribution in [0.15, 0.2) is 102 Å². The zero-order chi connectivity index (χ0) is 33.4. The van der Waals surface area contributed by atoms with E-state index in [2.05, 4.69) is 5.32 Å². The third-order valence-corrected chi connectivity index (χ3v) is 10.1. The van der Waals surface area contributed by atoms with E-state index in [1.165, 1.54) is 29.2 Å². The first-order valence-electron chi connectivity index (χ1n) is 14.8. The molecule has 242 valence electrons. The van der Waals surface area contributed by atoms with Gasteiger partial charge in [-0.25, -0.2) is 8.42 Å². The summed E-state index contributed by atoms with van der Waals surface area (Å²) in [5.74, 6) is -0.812. The molecular weight excluding hydrogens is 665 g/mol. The van der Waals surface area contributed by atoms with Crippen molar-refractivity contribution >= 4 is 62.3 Å². The van der Waals surface area contributed by atoms with Gasteiger partial charge in [0.25, 0.3) is 10.0 Å². The molecule has 4 aromatic rings. The van der Waals surface area contributed by atoms with Gasteiger partial charge in [0.1, 0.15) is 12.6 Å². The van der Waals surface area contributed by atoms with Gasteiger partial charge in [-0.2, -0.15) is 0 Å². The maximum atomic E-state index is 14.5. The molecule has 1 N–H and O–H groups in total. The maximum Gasteiger partial charge on any atom is 0.264 e. The summed E-state index contributed by atoms with van der Waals surface area (Å²) in [6, 6.07) is 26.2. The van der Waals surface area contributed by atoms with Crippen molar-refractivity contribution in [3.8, 4) is 0 Å². The summed E-state index contributed by atoms with van der Waals surface area (Å²) in [7, 11) is -4.32. The third kappa shape index (κ3) is 9.04. The molecule has 0 bridgehead atoms. The molecule has 1 atom stereocenters. The Kier molecular flexibility index (Phi) is 12.1. The number of aryl methyl sites for hydroxylation is 1. The SMILES string of the molecule is Cc1ccc(S(=O)(=O)N(CC(=O)N(Cc2cccc(Cl)c2)[C@@H](Cc2ccccc2)C(=O)NCC(C)C)c2cccc(Cl)c2Cl)cc1. The Labute approximate surface area is 286 Å². The molecule has 0 saturated carbocycles. The lowest BCUT2D eigenvalue weighted by Crippen LogP contribution is -2.53. The van der Waals surface area contributed by atoms with Crippen LogP contribution >= 0.6 is 34.8 Å². The Balaban J connectivity index is 1.83. The number of hydrogen-bond donors (Lipinski definition) is 1. The average molecular weight is 701 g/mol. The molecule has 0 aliphatic rings. The molecule has 0 heterocycles. The van der Waals surface area contributed by atoms with Crippen LogP contribution in [0, 0.1) is 12.8 Å². The molecule has 0 radical (unpaired) electrons. The molecule has 0 aliphatic carbocycles. The van der Waals surface area contributed by atoms with Gasteiger partial charge in [0, 0.05) is 24.5 Å². The molecule has 4 aromatic carbocycles. The summed E-state index contributed by atoms with van der Waals surface area (Å²) >= 11 is 19.2. The topological polar surface area (TPSA) is 86.8 Å². The molecule has 0 fully saturated rings. The van der Waals surface area contributed by atoms with Gasteiger partial charge in [-0.3, -0.25) is 13.9 Å². The summed E-state index contributed by atoms with van der Waals surface area (Å²) in [4.78, 5) is 29.8. The van der Waals surface area contributed by atoms with Crippen LogP contribution in [-0.4, -0.2) is 44.3 Å². The minimum absolute atomic E-state index is 0.00626. The van der Waals surface area contributed by atoms with Crippen LogP contribution in [0.1, 0.15) is 30.5 Å². The van der Waals surface area contributed by atoms with Crippen LogP contribution in [0.3, 0.4) is 0 Å². The van der Waals surface area contributed by atoms with Crippen molar-refractivity contribution in [2.45, 2.75) is 44.7 Å². The normalized spacial score (nSPS) is 12.1. The number of rotatable bonds is 13. The molecule has 0 aliphatic heterocycles. The van der Waals surface area contributed by atoms with Gasteiger partial charge in [-0.1, -0.05) is 115 Å². The van der Waals surface area contributed by atoms with Crippen LogP contribution in [0.2, 0.25) is 15.1 Å². The highest BCUT2D eigenvalue weighted by Gasteiger charge is 2.35. The number of benzene rings is 4. The van der Waals surface area contributed by atoms with Gasteiger partial charge >= 0.3 is 0 Å². The highest BCUT2D eigenvalue weighted by molar-refractivity contribution is 7.92. The zero-order valence-electron chi connectivity index (χ0n) is 25.8. The van der Waals surface area contributed by atoms with E-state index >= 15 is 0 Å². The van der Waals surface area contributed by atoms with Crippen molar-refractivity contribution in [2.75, 3.05) is 17.4 Å². The van der Waals surface area contributed by atoms with Crippen molar-refractivity contribution in [3.63, 3.8) is 0 Å². The number of nitrogens with one attached hydrogen (secondary N) is 1. The van der Waals surface area contributed by atoms with Crippen molar-refractivity contribution in [3.05, 3.63) is 129 Å².